The van der Waals surface area contributed by atoms with E-state index in [9.17, 15) is 0 Å². The molecule has 0 aliphatic heterocycles. The minimum atomic E-state index is 0. The van der Waals surface area contributed by atoms with E-state index < -0.39 is 0 Å². The SMILES string of the molecule is CCCCCCC[N+](CCC)(CCCCCCC)CCCCCCC.[Cl-]. The first-order chi connectivity index (χ1) is 12.2. The molecule has 26 heavy (non-hydrogen) atoms. The maximum atomic E-state index is 2.40. The lowest BCUT2D eigenvalue weighted by atomic mass is 10.1. The first-order valence-electron chi connectivity index (χ1n) is 12.1. The molecule has 0 amide bonds. The standard InChI is InChI=1S/C24H52N.ClH/c1-5-9-12-15-18-22-25(21-8-4,23-19-16-13-10-6-2)24-20-17-14-11-7-3;/h5-24H2,1-4H3;1H/q+1;/p-1. The summed E-state index contributed by atoms with van der Waals surface area (Å²) in [6.45, 7) is 15.2. The van der Waals surface area contributed by atoms with Gasteiger partial charge in [0.15, 0.2) is 0 Å². The van der Waals surface area contributed by atoms with Crippen LogP contribution in [0.5, 0.6) is 0 Å². The Balaban J connectivity index is 0. The van der Waals surface area contributed by atoms with Crippen LogP contribution in [0.4, 0.5) is 0 Å². The van der Waals surface area contributed by atoms with Crippen LogP contribution in [-0.2, 0) is 0 Å². The van der Waals surface area contributed by atoms with Crippen molar-refractivity contribution in [2.24, 2.45) is 0 Å². The van der Waals surface area contributed by atoms with Crippen LogP contribution >= 0.6 is 0 Å². The summed E-state index contributed by atoms with van der Waals surface area (Å²) < 4.78 is 1.45. The molecule has 0 bridgehead atoms. The normalized spacial score (nSPS) is 11.5. The molecule has 0 aromatic carbocycles. The van der Waals surface area contributed by atoms with Crippen molar-refractivity contribution in [3.63, 3.8) is 0 Å². The molecule has 0 radical (unpaired) electrons. The fraction of sp³-hybridized carbons (Fsp3) is 1.00. The Labute approximate surface area is 173 Å². The Kier molecular flexibility index (Phi) is 23.6. The molecule has 0 unspecified atom stereocenters. The van der Waals surface area contributed by atoms with E-state index >= 15 is 0 Å². The Morgan fingerprint density at radius 1 is 0.346 bits per heavy atom. The molecular weight excluding hydrogens is 338 g/mol. The lowest BCUT2D eigenvalue weighted by Crippen LogP contribution is -3.00. The van der Waals surface area contributed by atoms with Gasteiger partial charge >= 0.3 is 0 Å². The molecule has 160 valence electrons. The second-order valence-electron chi connectivity index (χ2n) is 8.48. The average Bonchev–Trinajstić information content (AvgIpc) is 2.61. The van der Waals surface area contributed by atoms with Crippen molar-refractivity contribution in [3.05, 3.63) is 0 Å². The molecule has 2 heteroatoms. The van der Waals surface area contributed by atoms with Gasteiger partial charge in [-0.15, -0.1) is 0 Å². The molecule has 0 aliphatic carbocycles. The van der Waals surface area contributed by atoms with E-state index in [2.05, 4.69) is 27.7 Å². The fourth-order valence-electron chi connectivity index (χ4n) is 4.30. The zero-order chi connectivity index (χ0) is 18.6. The number of quaternary nitrogens is 1. The van der Waals surface area contributed by atoms with Crippen molar-refractivity contribution in [2.45, 2.75) is 130 Å². The molecule has 1 nitrogen and oxygen atoms in total. The van der Waals surface area contributed by atoms with Gasteiger partial charge in [-0.3, -0.25) is 0 Å². The molecule has 0 saturated heterocycles. The molecule has 0 spiro atoms. The number of halogens is 1. The molecule has 0 aromatic rings. The van der Waals surface area contributed by atoms with Crippen LogP contribution in [-0.4, -0.2) is 30.7 Å². The van der Waals surface area contributed by atoms with Crippen LogP contribution < -0.4 is 12.4 Å². The minimum absolute atomic E-state index is 0. The van der Waals surface area contributed by atoms with Gasteiger partial charge in [0.2, 0.25) is 0 Å². The number of hydrogen-bond donors (Lipinski definition) is 0. The van der Waals surface area contributed by atoms with E-state index in [0.717, 1.165) is 0 Å². The van der Waals surface area contributed by atoms with Crippen molar-refractivity contribution >= 4 is 0 Å². The van der Waals surface area contributed by atoms with Crippen LogP contribution in [0.3, 0.4) is 0 Å². The van der Waals surface area contributed by atoms with Crippen LogP contribution in [0.2, 0.25) is 0 Å². The maximum absolute atomic E-state index is 2.40. The third-order valence-corrected chi connectivity index (χ3v) is 5.91. The summed E-state index contributed by atoms with van der Waals surface area (Å²) >= 11 is 0. The van der Waals surface area contributed by atoms with Gasteiger partial charge in [0.1, 0.15) is 0 Å². The molecule has 0 heterocycles. The third-order valence-electron chi connectivity index (χ3n) is 5.91. The molecule has 0 aromatic heterocycles. The van der Waals surface area contributed by atoms with E-state index in [1.165, 1.54) is 133 Å². The molecule has 0 fully saturated rings. The van der Waals surface area contributed by atoms with E-state index in [1.807, 2.05) is 0 Å². The van der Waals surface area contributed by atoms with Crippen LogP contribution in [0.15, 0.2) is 0 Å². The van der Waals surface area contributed by atoms with Crippen molar-refractivity contribution in [3.8, 4) is 0 Å². The number of rotatable bonds is 20. The summed E-state index contributed by atoms with van der Waals surface area (Å²) in [7, 11) is 0. The largest absolute Gasteiger partial charge is 1.00 e. The van der Waals surface area contributed by atoms with Gasteiger partial charge < -0.3 is 16.9 Å². The topological polar surface area (TPSA) is 0 Å². The van der Waals surface area contributed by atoms with Crippen LogP contribution in [0.25, 0.3) is 0 Å². The Morgan fingerprint density at radius 3 is 0.923 bits per heavy atom. The van der Waals surface area contributed by atoms with Gasteiger partial charge in [-0.25, -0.2) is 0 Å². The highest BCUT2D eigenvalue weighted by molar-refractivity contribution is 4.52. The number of nitrogens with zero attached hydrogens (tertiary/aromatic N) is 1. The van der Waals surface area contributed by atoms with Crippen molar-refractivity contribution < 1.29 is 16.9 Å². The molecule has 0 atom stereocenters. The molecule has 0 N–H and O–H groups in total. The highest BCUT2D eigenvalue weighted by atomic mass is 35.5. The molecule has 0 rings (SSSR count). The molecule has 0 saturated carbocycles. The predicted molar refractivity (Wildman–Crippen MR) is 116 cm³/mol. The van der Waals surface area contributed by atoms with E-state index in [4.69, 9.17) is 0 Å². The number of hydrogen-bond acceptors (Lipinski definition) is 0. The smallest absolute Gasteiger partial charge is 0.0786 e. The zero-order valence-electron chi connectivity index (χ0n) is 19.0. The van der Waals surface area contributed by atoms with Gasteiger partial charge in [0.25, 0.3) is 0 Å². The van der Waals surface area contributed by atoms with Gasteiger partial charge in [-0.05, 0) is 44.9 Å². The highest BCUT2D eigenvalue weighted by Gasteiger charge is 2.25. The summed E-state index contributed by atoms with van der Waals surface area (Å²) in [5.74, 6) is 0. The van der Waals surface area contributed by atoms with Crippen LogP contribution in [0, 0.1) is 0 Å². The minimum Gasteiger partial charge on any atom is -1.00 e. The van der Waals surface area contributed by atoms with E-state index in [1.54, 1.807) is 0 Å². The van der Waals surface area contributed by atoms with Gasteiger partial charge in [-0.1, -0.05) is 85.5 Å². The Hall–Kier alpha value is 0.250. The third kappa shape index (κ3) is 16.4. The monoisotopic (exact) mass is 389 g/mol. The lowest BCUT2D eigenvalue weighted by Gasteiger charge is -2.39. The summed E-state index contributed by atoms with van der Waals surface area (Å²) in [5, 5.41) is 0. The summed E-state index contributed by atoms with van der Waals surface area (Å²) in [4.78, 5) is 0. The number of unbranched alkanes of at least 4 members (excludes halogenated alkanes) is 12. The molecule has 0 aliphatic rings. The lowest BCUT2D eigenvalue weighted by molar-refractivity contribution is -0.929. The van der Waals surface area contributed by atoms with Gasteiger partial charge in [-0.2, -0.15) is 0 Å². The van der Waals surface area contributed by atoms with Crippen LogP contribution in [0.1, 0.15) is 130 Å². The second-order valence-corrected chi connectivity index (χ2v) is 8.48. The first kappa shape index (κ1) is 28.5. The van der Waals surface area contributed by atoms with Crippen molar-refractivity contribution in [1.82, 2.24) is 0 Å². The van der Waals surface area contributed by atoms with Gasteiger partial charge in [0, 0.05) is 0 Å². The summed E-state index contributed by atoms with van der Waals surface area (Å²) in [6, 6.07) is 0. The quantitative estimate of drug-likeness (QED) is 0.200. The van der Waals surface area contributed by atoms with Crippen molar-refractivity contribution in [1.29, 1.82) is 0 Å². The molecular formula is C24H52ClN. The fourth-order valence-corrected chi connectivity index (χ4v) is 4.30. The zero-order valence-corrected chi connectivity index (χ0v) is 19.7. The summed E-state index contributed by atoms with van der Waals surface area (Å²) in [5.41, 5.74) is 0. The highest BCUT2D eigenvalue weighted by Crippen LogP contribution is 2.18. The first-order valence-corrected chi connectivity index (χ1v) is 12.1. The maximum Gasteiger partial charge on any atom is 0.0786 e. The second kappa shape index (κ2) is 21.5. The van der Waals surface area contributed by atoms with Gasteiger partial charge in [0.05, 0.1) is 26.2 Å². The van der Waals surface area contributed by atoms with E-state index in [-0.39, 0.29) is 12.4 Å². The summed E-state index contributed by atoms with van der Waals surface area (Å²) in [6.07, 6.45) is 22.9. The average molecular weight is 390 g/mol. The van der Waals surface area contributed by atoms with E-state index in [0.29, 0.717) is 0 Å². The van der Waals surface area contributed by atoms with Crippen molar-refractivity contribution in [2.75, 3.05) is 26.2 Å². The predicted octanol–water partition coefficient (Wildman–Crippen LogP) is 5.13. The Morgan fingerprint density at radius 2 is 0.654 bits per heavy atom. The Bertz CT molecular complexity index is 219.